The number of aromatic nitrogens is 1. The molecule has 16 heavy (non-hydrogen) atoms. The van der Waals surface area contributed by atoms with E-state index in [1.165, 1.54) is 12.3 Å². The molecule has 1 aromatic heterocycles. The van der Waals surface area contributed by atoms with Crippen LogP contribution in [0.15, 0.2) is 41.1 Å². The fraction of sp³-hybridized carbons (Fsp3) is 0. The summed E-state index contributed by atoms with van der Waals surface area (Å²) in [5.41, 5.74) is 7.19. The van der Waals surface area contributed by atoms with Crippen LogP contribution < -0.4 is 11.1 Å². The first-order valence-electron chi connectivity index (χ1n) is 4.59. The molecule has 2 aromatic rings. The molecule has 0 unspecified atom stereocenters. The number of nitrogens with zero attached hydrogens (tertiary/aromatic N) is 1. The van der Waals surface area contributed by atoms with Gasteiger partial charge in [-0.1, -0.05) is 12.1 Å². The Morgan fingerprint density at radius 2 is 2.00 bits per heavy atom. The summed E-state index contributed by atoms with van der Waals surface area (Å²) in [7, 11) is 0. The van der Waals surface area contributed by atoms with Crippen LogP contribution in [-0.2, 0) is 0 Å². The highest BCUT2D eigenvalue weighted by atomic mass is 79.9. The molecule has 1 aromatic carbocycles. The van der Waals surface area contributed by atoms with E-state index >= 15 is 0 Å². The van der Waals surface area contributed by atoms with E-state index in [0.29, 0.717) is 21.5 Å². The highest BCUT2D eigenvalue weighted by Gasteiger charge is 2.07. The standard InChI is InChI=1S/C11H9BrFN3/c12-7-5-15-6-9(14)11(7)16-10-4-2-1-3-8(10)13/h1-6H,14H2,(H,15,16). The molecule has 0 saturated heterocycles. The molecule has 0 radical (unpaired) electrons. The van der Waals surface area contributed by atoms with Crippen molar-refractivity contribution in [2.45, 2.75) is 0 Å². The molecule has 0 saturated carbocycles. The molecule has 0 amide bonds. The van der Waals surface area contributed by atoms with E-state index < -0.39 is 0 Å². The van der Waals surface area contributed by atoms with Crippen LogP contribution in [0.2, 0.25) is 0 Å². The predicted octanol–water partition coefficient (Wildman–Crippen LogP) is 3.31. The van der Waals surface area contributed by atoms with Crippen molar-refractivity contribution in [2.75, 3.05) is 11.1 Å². The fourth-order valence-electron chi connectivity index (χ4n) is 1.28. The first-order chi connectivity index (χ1) is 7.68. The Morgan fingerprint density at radius 1 is 1.25 bits per heavy atom. The molecule has 0 aliphatic rings. The van der Waals surface area contributed by atoms with E-state index in [1.54, 1.807) is 24.4 Å². The molecular weight excluding hydrogens is 273 g/mol. The number of hydrogen-bond donors (Lipinski definition) is 2. The zero-order valence-corrected chi connectivity index (χ0v) is 9.83. The number of pyridine rings is 1. The summed E-state index contributed by atoms with van der Waals surface area (Å²) >= 11 is 3.30. The summed E-state index contributed by atoms with van der Waals surface area (Å²) in [6.07, 6.45) is 3.10. The van der Waals surface area contributed by atoms with Crippen LogP contribution in [0.3, 0.4) is 0 Å². The predicted molar refractivity (Wildman–Crippen MR) is 66.0 cm³/mol. The van der Waals surface area contributed by atoms with Crippen molar-refractivity contribution in [3.63, 3.8) is 0 Å². The van der Waals surface area contributed by atoms with Gasteiger partial charge in [0.2, 0.25) is 0 Å². The monoisotopic (exact) mass is 281 g/mol. The number of benzene rings is 1. The molecule has 5 heteroatoms. The molecule has 82 valence electrons. The van der Waals surface area contributed by atoms with Crippen LogP contribution in [0.1, 0.15) is 0 Å². The third-order valence-electron chi connectivity index (χ3n) is 2.06. The number of nitrogens with two attached hydrogens (primary N) is 1. The van der Waals surface area contributed by atoms with E-state index in [9.17, 15) is 4.39 Å². The Labute approximate surface area is 101 Å². The minimum Gasteiger partial charge on any atom is -0.396 e. The van der Waals surface area contributed by atoms with Gasteiger partial charge in [0, 0.05) is 6.20 Å². The van der Waals surface area contributed by atoms with Gasteiger partial charge in [-0.15, -0.1) is 0 Å². The minimum absolute atomic E-state index is 0.328. The molecule has 0 bridgehead atoms. The van der Waals surface area contributed by atoms with Crippen LogP contribution >= 0.6 is 15.9 Å². The maximum Gasteiger partial charge on any atom is 0.146 e. The van der Waals surface area contributed by atoms with E-state index in [1.807, 2.05) is 0 Å². The summed E-state index contributed by atoms with van der Waals surface area (Å²) < 4.78 is 14.1. The maximum atomic E-state index is 13.4. The lowest BCUT2D eigenvalue weighted by molar-refractivity contribution is 0.632. The van der Waals surface area contributed by atoms with E-state index in [0.717, 1.165) is 0 Å². The van der Waals surface area contributed by atoms with Gasteiger partial charge >= 0.3 is 0 Å². The average Bonchev–Trinajstić information content (AvgIpc) is 2.26. The van der Waals surface area contributed by atoms with E-state index in [4.69, 9.17) is 5.73 Å². The number of nitrogens with one attached hydrogen (secondary N) is 1. The van der Waals surface area contributed by atoms with Gasteiger partial charge < -0.3 is 11.1 Å². The molecule has 0 fully saturated rings. The van der Waals surface area contributed by atoms with Crippen molar-refractivity contribution in [3.8, 4) is 0 Å². The van der Waals surface area contributed by atoms with Crippen molar-refractivity contribution < 1.29 is 4.39 Å². The summed E-state index contributed by atoms with van der Waals surface area (Å²) in [5.74, 6) is -0.328. The second-order valence-corrected chi connectivity index (χ2v) is 4.04. The smallest absolute Gasteiger partial charge is 0.146 e. The normalized spacial score (nSPS) is 10.1. The van der Waals surface area contributed by atoms with Crippen molar-refractivity contribution in [2.24, 2.45) is 0 Å². The van der Waals surface area contributed by atoms with Crippen LogP contribution in [0.25, 0.3) is 0 Å². The molecule has 3 N–H and O–H groups in total. The summed E-state index contributed by atoms with van der Waals surface area (Å²) in [6.45, 7) is 0. The van der Waals surface area contributed by atoms with Gasteiger partial charge in [-0.3, -0.25) is 4.98 Å². The third-order valence-corrected chi connectivity index (χ3v) is 2.66. The number of rotatable bonds is 2. The Hall–Kier alpha value is -1.62. The Bertz CT molecular complexity index is 496. The molecule has 3 nitrogen and oxygen atoms in total. The van der Waals surface area contributed by atoms with Gasteiger partial charge in [-0.2, -0.15) is 0 Å². The number of nitrogen functional groups attached to an aromatic ring is 1. The molecule has 1 heterocycles. The van der Waals surface area contributed by atoms with Crippen molar-refractivity contribution in [3.05, 3.63) is 46.9 Å². The van der Waals surface area contributed by atoms with Gasteiger partial charge in [-0.05, 0) is 28.1 Å². The summed E-state index contributed by atoms with van der Waals surface area (Å²) in [6, 6.07) is 6.40. The zero-order chi connectivity index (χ0) is 11.5. The minimum atomic E-state index is -0.328. The van der Waals surface area contributed by atoms with Crippen LogP contribution in [-0.4, -0.2) is 4.98 Å². The highest BCUT2D eigenvalue weighted by Crippen LogP contribution is 2.30. The zero-order valence-electron chi connectivity index (χ0n) is 8.24. The van der Waals surface area contributed by atoms with Gasteiger partial charge in [0.1, 0.15) is 5.82 Å². The number of anilines is 3. The lowest BCUT2D eigenvalue weighted by Gasteiger charge is -2.11. The number of para-hydroxylation sites is 1. The topological polar surface area (TPSA) is 50.9 Å². The Balaban J connectivity index is 2.38. The Kier molecular flexibility index (Phi) is 3.05. The molecule has 0 aliphatic heterocycles. The second-order valence-electron chi connectivity index (χ2n) is 3.19. The van der Waals surface area contributed by atoms with Gasteiger partial charge in [-0.25, -0.2) is 4.39 Å². The molecule has 0 spiro atoms. The first-order valence-corrected chi connectivity index (χ1v) is 5.38. The van der Waals surface area contributed by atoms with Crippen molar-refractivity contribution in [1.82, 2.24) is 4.98 Å². The van der Waals surface area contributed by atoms with Crippen LogP contribution in [0.5, 0.6) is 0 Å². The lowest BCUT2D eigenvalue weighted by Crippen LogP contribution is -1.99. The van der Waals surface area contributed by atoms with E-state index in [2.05, 4.69) is 26.2 Å². The Morgan fingerprint density at radius 3 is 2.69 bits per heavy atom. The number of hydrogen-bond acceptors (Lipinski definition) is 3. The fourth-order valence-corrected chi connectivity index (χ4v) is 1.73. The highest BCUT2D eigenvalue weighted by molar-refractivity contribution is 9.10. The molecule has 2 rings (SSSR count). The largest absolute Gasteiger partial charge is 0.396 e. The first kappa shape index (κ1) is 10.9. The van der Waals surface area contributed by atoms with Gasteiger partial charge in [0.25, 0.3) is 0 Å². The average molecular weight is 282 g/mol. The van der Waals surface area contributed by atoms with Crippen LogP contribution in [0.4, 0.5) is 21.5 Å². The summed E-state index contributed by atoms with van der Waals surface area (Å²) in [5, 5.41) is 2.92. The van der Waals surface area contributed by atoms with E-state index in [-0.39, 0.29) is 5.82 Å². The quantitative estimate of drug-likeness (QED) is 0.888. The van der Waals surface area contributed by atoms with Gasteiger partial charge in [0.15, 0.2) is 0 Å². The second kappa shape index (κ2) is 4.49. The van der Waals surface area contributed by atoms with Gasteiger partial charge in [0.05, 0.1) is 27.7 Å². The molecule has 0 aliphatic carbocycles. The summed E-state index contributed by atoms with van der Waals surface area (Å²) in [4.78, 5) is 3.90. The van der Waals surface area contributed by atoms with Crippen molar-refractivity contribution >= 4 is 33.0 Å². The van der Waals surface area contributed by atoms with Crippen molar-refractivity contribution in [1.29, 1.82) is 0 Å². The molecule has 0 atom stereocenters. The number of halogens is 2. The maximum absolute atomic E-state index is 13.4. The SMILES string of the molecule is Nc1cncc(Br)c1Nc1ccccc1F. The lowest BCUT2D eigenvalue weighted by atomic mass is 10.2. The third kappa shape index (κ3) is 2.14. The van der Waals surface area contributed by atoms with Crippen LogP contribution in [0, 0.1) is 5.82 Å². The molecular formula is C11H9BrFN3.